The Kier molecular flexibility index (Phi) is 4.05. The molecule has 4 heterocycles. The number of aliphatic hydroxyl groups is 1. The van der Waals surface area contributed by atoms with Crippen molar-refractivity contribution in [3.05, 3.63) is 28.9 Å². The van der Waals surface area contributed by atoms with E-state index in [4.69, 9.17) is 21.6 Å². The number of anilines is 2. The van der Waals surface area contributed by atoms with Crippen molar-refractivity contribution < 1.29 is 9.32 Å². The second-order valence-electron chi connectivity index (χ2n) is 10.3. The summed E-state index contributed by atoms with van der Waals surface area (Å²) in [5.74, 6) is 4.33. The third-order valence-corrected chi connectivity index (χ3v) is 10.1. The molecule has 7 rings (SSSR count). The zero-order valence-electron chi connectivity index (χ0n) is 17.6. The van der Waals surface area contributed by atoms with Crippen LogP contribution in [-0.2, 0) is 16.2 Å². The summed E-state index contributed by atoms with van der Waals surface area (Å²) in [6.45, 7) is 1.82. The fourth-order valence-corrected chi connectivity index (χ4v) is 7.87. The largest absolute Gasteiger partial charge is 0.394 e. The Bertz CT molecular complexity index is 1120. The summed E-state index contributed by atoms with van der Waals surface area (Å²) >= 11 is 5.94. The zero-order valence-corrected chi connectivity index (χ0v) is 19.2. The first-order chi connectivity index (χ1) is 15.5. The van der Waals surface area contributed by atoms with E-state index < -0.39 is 10.8 Å². The van der Waals surface area contributed by atoms with Crippen LogP contribution in [0.4, 0.5) is 11.8 Å². The molecule has 0 aromatic carbocycles. The number of aromatic nitrogens is 4. The van der Waals surface area contributed by atoms with E-state index in [9.17, 15) is 9.32 Å². The van der Waals surface area contributed by atoms with Crippen molar-refractivity contribution in [1.29, 1.82) is 0 Å². The van der Waals surface area contributed by atoms with Crippen LogP contribution in [0.1, 0.15) is 49.5 Å². The molecule has 3 atom stereocenters. The van der Waals surface area contributed by atoms with Crippen molar-refractivity contribution in [2.24, 2.45) is 11.8 Å². The van der Waals surface area contributed by atoms with Gasteiger partial charge in [0.05, 0.1) is 33.7 Å². The van der Waals surface area contributed by atoms with Gasteiger partial charge in [0.2, 0.25) is 5.95 Å². The fraction of sp³-hybridized carbons (Fsp3) is 0.636. The number of nitrogens with one attached hydrogen (secondary N) is 1. The Balaban J connectivity index is 1.19. The monoisotopic (exact) mass is 472 g/mol. The molecule has 3 saturated carbocycles. The molecular formula is C22H25ClN6O2S. The maximum atomic E-state index is 13.0. The number of piperidine rings is 1. The highest BCUT2D eigenvalue weighted by molar-refractivity contribution is 7.85. The van der Waals surface area contributed by atoms with Gasteiger partial charge in [-0.1, -0.05) is 11.6 Å². The van der Waals surface area contributed by atoms with Gasteiger partial charge in [0.1, 0.15) is 16.5 Å². The van der Waals surface area contributed by atoms with Gasteiger partial charge in [0.25, 0.3) is 0 Å². The molecule has 10 heteroatoms. The first-order valence-corrected chi connectivity index (χ1v) is 13.1. The molecule has 32 heavy (non-hydrogen) atoms. The maximum Gasteiger partial charge on any atom is 0.227 e. The van der Waals surface area contributed by atoms with Gasteiger partial charge in [-0.15, -0.1) is 0 Å². The average Bonchev–Trinajstić information content (AvgIpc) is 3.61. The number of aliphatic hydroxyl groups excluding tert-OH is 1. The predicted molar refractivity (Wildman–Crippen MR) is 120 cm³/mol. The third-order valence-electron chi connectivity index (χ3n) is 8.26. The summed E-state index contributed by atoms with van der Waals surface area (Å²) in [5, 5.41) is 14.1. The number of halogens is 1. The zero-order chi connectivity index (χ0) is 21.7. The van der Waals surface area contributed by atoms with E-state index in [0.29, 0.717) is 34.3 Å². The lowest BCUT2D eigenvalue weighted by atomic mass is 9.77. The van der Waals surface area contributed by atoms with Crippen molar-refractivity contribution >= 4 is 34.2 Å². The normalized spacial score (nSPS) is 32.4. The molecule has 2 aromatic rings. The van der Waals surface area contributed by atoms with E-state index in [1.54, 1.807) is 12.4 Å². The summed E-state index contributed by atoms with van der Waals surface area (Å²) in [6, 6.07) is 0. The third kappa shape index (κ3) is 2.80. The molecule has 0 bridgehead atoms. The Morgan fingerprint density at radius 1 is 1.16 bits per heavy atom. The van der Waals surface area contributed by atoms with Crippen molar-refractivity contribution in [2.45, 2.75) is 53.9 Å². The fourth-order valence-electron chi connectivity index (χ4n) is 5.91. The minimum atomic E-state index is -1.09. The molecule has 1 saturated heterocycles. The molecule has 2 aliphatic heterocycles. The lowest BCUT2D eigenvalue weighted by molar-refractivity contribution is 0.143. The van der Waals surface area contributed by atoms with Crippen molar-refractivity contribution in [3.63, 3.8) is 0 Å². The molecule has 1 spiro atoms. The van der Waals surface area contributed by atoms with E-state index in [-0.39, 0.29) is 17.6 Å². The van der Waals surface area contributed by atoms with Crippen LogP contribution in [0.25, 0.3) is 0 Å². The first kappa shape index (κ1) is 19.6. The lowest BCUT2D eigenvalue weighted by Gasteiger charge is -2.41. The van der Waals surface area contributed by atoms with Gasteiger partial charge >= 0.3 is 0 Å². The molecule has 2 N–H and O–H groups in total. The summed E-state index contributed by atoms with van der Waals surface area (Å²) in [5.41, 5.74) is 0.615. The number of nitrogens with zero attached hydrogens (tertiary/aromatic N) is 5. The molecule has 8 nitrogen and oxygen atoms in total. The van der Waals surface area contributed by atoms with Gasteiger partial charge in [-0.25, -0.2) is 15.0 Å². The molecular weight excluding hydrogens is 448 g/mol. The summed E-state index contributed by atoms with van der Waals surface area (Å²) < 4.78 is 13.0. The minimum Gasteiger partial charge on any atom is -0.394 e. The van der Waals surface area contributed by atoms with Gasteiger partial charge in [0.15, 0.2) is 0 Å². The summed E-state index contributed by atoms with van der Waals surface area (Å²) in [6.07, 6.45) is 8.35. The smallest absolute Gasteiger partial charge is 0.227 e. The highest BCUT2D eigenvalue weighted by Gasteiger charge is 2.59. The summed E-state index contributed by atoms with van der Waals surface area (Å²) in [4.78, 5) is 21.8. The second-order valence-corrected chi connectivity index (χ2v) is 12.1. The highest BCUT2D eigenvalue weighted by atomic mass is 35.5. The number of hydrogen-bond acceptors (Lipinski definition) is 8. The highest BCUT2D eigenvalue weighted by Crippen LogP contribution is 2.59. The van der Waals surface area contributed by atoms with Crippen LogP contribution in [0.5, 0.6) is 0 Å². The van der Waals surface area contributed by atoms with Crippen LogP contribution >= 0.6 is 11.6 Å². The number of fused-ring (bicyclic) bond motifs is 3. The second kappa shape index (κ2) is 6.61. The average molecular weight is 473 g/mol. The lowest BCUT2D eigenvalue weighted by Crippen LogP contribution is -2.48. The molecule has 2 aromatic heterocycles. The molecule has 168 valence electrons. The summed E-state index contributed by atoms with van der Waals surface area (Å²) in [7, 11) is -1.09. The van der Waals surface area contributed by atoms with Crippen LogP contribution < -0.4 is 10.2 Å². The van der Waals surface area contributed by atoms with Gasteiger partial charge in [-0.05, 0) is 43.9 Å². The standard InChI is InChI=1S/C22H25ClN6O2S/c23-12-6-24-18(25-7-12)15-13-8-29(9-14(13)15)20-26-17-16(32(31)11-21(17)4-5-21)19(27-20)28-22(10-30)2-1-3-22/h6-7,13-15,30H,1-5,8-11H2,(H,26,27,28)/t13?,14?,15?,32-/m1/s1. The predicted octanol–water partition coefficient (Wildman–Crippen LogP) is 2.25. The number of hydrogen-bond donors (Lipinski definition) is 2. The minimum absolute atomic E-state index is 0.0252. The Labute approximate surface area is 193 Å². The van der Waals surface area contributed by atoms with E-state index in [0.717, 1.165) is 67.6 Å². The Morgan fingerprint density at radius 2 is 1.88 bits per heavy atom. The van der Waals surface area contributed by atoms with Crippen molar-refractivity contribution in [2.75, 3.05) is 35.7 Å². The Morgan fingerprint density at radius 3 is 2.47 bits per heavy atom. The van der Waals surface area contributed by atoms with E-state index in [1.807, 2.05) is 0 Å². The molecule has 0 radical (unpaired) electrons. The first-order valence-electron chi connectivity index (χ1n) is 11.4. The molecule has 4 fully saturated rings. The van der Waals surface area contributed by atoms with Crippen LogP contribution in [0, 0.1) is 11.8 Å². The number of rotatable bonds is 5. The van der Waals surface area contributed by atoms with Crippen molar-refractivity contribution in [1.82, 2.24) is 19.9 Å². The SMILES string of the molecule is O=[S@@]1CC2(CC2)c2nc(N3CC4C(C3)C4c3ncc(Cl)cn3)nc(NC3(CO)CCC3)c21. The van der Waals surface area contributed by atoms with Gasteiger partial charge in [-0.2, -0.15) is 4.98 Å². The maximum absolute atomic E-state index is 13.0. The van der Waals surface area contributed by atoms with Crippen LogP contribution in [0.3, 0.4) is 0 Å². The van der Waals surface area contributed by atoms with Gasteiger partial charge in [0, 0.05) is 42.6 Å². The molecule has 5 aliphatic rings. The quantitative estimate of drug-likeness (QED) is 0.682. The molecule has 2 unspecified atom stereocenters. The van der Waals surface area contributed by atoms with E-state index in [2.05, 4.69) is 20.2 Å². The Hall–Kier alpha value is -1.84. The van der Waals surface area contributed by atoms with Crippen molar-refractivity contribution in [3.8, 4) is 0 Å². The van der Waals surface area contributed by atoms with Gasteiger partial charge < -0.3 is 15.3 Å². The molecule has 0 amide bonds. The van der Waals surface area contributed by atoms with Crippen LogP contribution in [-0.4, -0.2) is 60.2 Å². The van der Waals surface area contributed by atoms with Crippen LogP contribution in [0.2, 0.25) is 5.02 Å². The van der Waals surface area contributed by atoms with E-state index >= 15 is 0 Å². The molecule has 3 aliphatic carbocycles. The van der Waals surface area contributed by atoms with Crippen LogP contribution in [0.15, 0.2) is 17.3 Å². The van der Waals surface area contributed by atoms with Gasteiger partial charge in [-0.3, -0.25) is 4.21 Å². The topological polar surface area (TPSA) is 104 Å². The van der Waals surface area contributed by atoms with E-state index in [1.165, 1.54) is 0 Å².